The summed E-state index contributed by atoms with van der Waals surface area (Å²) >= 11 is 0. The number of piperidine rings is 1. The quantitative estimate of drug-likeness (QED) is 0.583. The lowest BCUT2D eigenvalue weighted by molar-refractivity contribution is -0.132. The molecule has 4 aliphatic rings. The third kappa shape index (κ3) is 4.53. The van der Waals surface area contributed by atoms with E-state index in [-0.39, 0.29) is 29.3 Å². The highest BCUT2D eigenvalue weighted by molar-refractivity contribution is 7.89. The van der Waals surface area contributed by atoms with Gasteiger partial charge in [-0.2, -0.15) is 4.31 Å². The van der Waals surface area contributed by atoms with E-state index in [4.69, 9.17) is 0 Å². The fraction of sp³-hybridized carbons (Fsp3) is 0.500. The Kier molecular flexibility index (Phi) is 6.77. The third-order valence-electron chi connectivity index (χ3n) is 8.35. The van der Waals surface area contributed by atoms with Crippen molar-refractivity contribution in [2.24, 2.45) is 0 Å². The smallest absolute Gasteiger partial charge is 0.250 e. The Balaban J connectivity index is 1.25. The molecule has 6 rings (SSSR count). The molecule has 3 saturated heterocycles. The number of sulfonamides is 1. The first kappa shape index (κ1) is 25.2. The normalized spacial score (nSPS) is 22.4. The van der Waals surface area contributed by atoms with Crippen molar-refractivity contribution < 1.29 is 18.0 Å². The van der Waals surface area contributed by atoms with Crippen molar-refractivity contribution in [2.45, 2.75) is 43.0 Å². The molecule has 3 fully saturated rings. The van der Waals surface area contributed by atoms with Gasteiger partial charge >= 0.3 is 0 Å². The maximum Gasteiger partial charge on any atom is 0.250 e. The molecule has 4 aliphatic heterocycles. The second-order valence-electron chi connectivity index (χ2n) is 10.6. The lowest BCUT2D eigenvalue weighted by Crippen LogP contribution is -2.58. The molecule has 1 atom stereocenters. The van der Waals surface area contributed by atoms with Gasteiger partial charge in [-0.25, -0.2) is 8.42 Å². The lowest BCUT2D eigenvalue weighted by atomic mass is 9.96. The number of carbonyl (C=O) groups excluding carboxylic acids is 2. The summed E-state index contributed by atoms with van der Waals surface area (Å²) in [7, 11) is -3.65. The van der Waals surface area contributed by atoms with Crippen LogP contribution in [0.2, 0.25) is 0 Å². The van der Waals surface area contributed by atoms with Crippen LogP contribution in [0.4, 0.5) is 17.1 Å². The molecule has 202 valence electrons. The number of piperazine rings is 1. The summed E-state index contributed by atoms with van der Waals surface area (Å²) in [5.74, 6) is -0.210. The Morgan fingerprint density at radius 1 is 0.816 bits per heavy atom. The van der Waals surface area contributed by atoms with Gasteiger partial charge in [-0.1, -0.05) is 18.2 Å². The van der Waals surface area contributed by atoms with Crippen molar-refractivity contribution in [1.29, 1.82) is 0 Å². The Morgan fingerprint density at radius 3 is 2.26 bits per heavy atom. The van der Waals surface area contributed by atoms with Gasteiger partial charge < -0.3 is 14.7 Å². The molecule has 0 spiro atoms. The van der Waals surface area contributed by atoms with Crippen LogP contribution in [-0.4, -0.2) is 87.8 Å². The van der Waals surface area contributed by atoms with E-state index in [2.05, 4.69) is 21.9 Å². The first-order valence-electron chi connectivity index (χ1n) is 13.7. The molecule has 2 aromatic rings. The average Bonchev–Trinajstić information content (AvgIpc) is 3.52. The fourth-order valence-corrected chi connectivity index (χ4v) is 7.76. The zero-order valence-electron chi connectivity index (χ0n) is 21.7. The van der Waals surface area contributed by atoms with Gasteiger partial charge in [-0.3, -0.25) is 14.5 Å². The summed E-state index contributed by atoms with van der Waals surface area (Å²) in [5.41, 5.74) is 2.52. The zero-order chi connectivity index (χ0) is 26.3. The molecule has 0 aliphatic carbocycles. The molecular weight excluding hydrogens is 502 g/mol. The summed E-state index contributed by atoms with van der Waals surface area (Å²) in [4.78, 5) is 35.2. The van der Waals surface area contributed by atoms with Crippen LogP contribution < -0.4 is 14.7 Å². The van der Waals surface area contributed by atoms with Gasteiger partial charge in [0.05, 0.1) is 16.3 Å². The zero-order valence-corrected chi connectivity index (χ0v) is 22.5. The van der Waals surface area contributed by atoms with Crippen LogP contribution in [0.25, 0.3) is 0 Å². The number of fused-ring (bicyclic) bond motifs is 3. The molecule has 0 N–H and O–H groups in total. The van der Waals surface area contributed by atoms with E-state index in [9.17, 15) is 18.0 Å². The predicted octanol–water partition coefficient (Wildman–Crippen LogP) is 2.53. The second-order valence-corrected chi connectivity index (χ2v) is 12.5. The summed E-state index contributed by atoms with van der Waals surface area (Å²) in [6.45, 7) is 4.35. The largest absolute Gasteiger partial charge is 0.368 e. The maximum absolute atomic E-state index is 13.7. The van der Waals surface area contributed by atoms with Crippen molar-refractivity contribution in [3.05, 3.63) is 48.5 Å². The van der Waals surface area contributed by atoms with Crippen LogP contribution in [-0.2, 0) is 19.6 Å². The molecule has 10 heteroatoms. The number of hydrogen-bond donors (Lipinski definition) is 0. The Morgan fingerprint density at radius 2 is 1.53 bits per heavy atom. The number of amides is 2. The van der Waals surface area contributed by atoms with E-state index in [0.29, 0.717) is 31.9 Å². The molecule has 2 amide bonds. The van der Waals surface area contributed by atoms with Gasteiger partial charge in [0, 0.05) is 51.5 Å². The maximum atomic E-state index is 13.7. The fourth-order valence-electron chi connectivity index (χ4n) is 6.23. The summed E-state index contributed by atoms with van der Waals surface area (Å²) in [5, 5.41) is 0. The van der Waals surface area contributed by atoms with Gasteiger partial charge in [-0.15, -0.1) is 0 Å². The minimum Gasteiger partial charge on any atom is -0.368 e. The van der Waals surface area contributed by atoms with E-state index in [0.717, 1.165) is 63.1 Å². The number of nitrogens with zero attached hydrogens (tertiary/aromatic N) is 5. The molecule has 0 saturated carbocycles. The average molecular weight is 538 g/mol. The molecule has 0 bridgehead atoms. The standard InChI is InChI=1S/C28H35N5O4S/c34-27(30-18-16-29(17-19-30)22-8-2-1-3-9-22)21-33-26-20-23(38(36,37)31-13-6-7-14-31)11-12-24(26)32-15-5-4-10-25(32)28(33)35/h1-3,8-9,11-12,20,25H,4-7,10,13-19,21H2/t25-/m1/s1. The Bertz CT molecular complexity index is 1300. The van der Waals surface area contributed by atoms with Crippen LogP contribution in [0, 0.1) is 0 Å². The van der Waals surface area contributed by atoms with Crippen molar-refractivity contribution in [2.75, 3.05) is 67.1 Å². The molecule has 38 heavy (non-hydrogen) atoms. The van der Waals surface area contributed by atoms with E-state index >= 15 is 0 Å². The highest BCUT2D eigenvalue weighted by atomic mass is 32.2. The van der Waals surface area contributed by atoms with Crippen molar-refractivity contribution in [3.63, 3.8) is 0 Å². The number of hydrogen-bond acceptors (Lipinski definition) is 6. The van der Waals surface area contributed by atoms with Gasteiger partial charge in [0.2, 0.25) is 21.8 Å². The van der Waals surface area contributed by atoms with Crippen LogP contribution in [0.5, 0.6) is 0 Å². The molecule has 0 unspecified atom stereocenters. The molecule has 2 aromatic carbocycles. The van der Waals surface area contributed by atoms with Crippen molar-refractivity contribution in [1.82, 2.24) is 9.21 Å². The van der Waals surface area contributed by atoms with Crippen LogP contribution in [0.3, 0.4) is 0 Å². The first-order valence-corrected chi connectivity index (χ1v) is 15.2. The van der Waals surface area contributed by atoms with Crippen molar-refractivity contribution >= 4 is 38.9 Å². The highest BCUT2D eigenvalue weighted by Gasteiger charge is 2.41. The molecule has 4 heterocycles. The minimum absolute atomic E-state index is 0.0747. The van der Waals surface area contributed by atoms with E-state index < -0.39 is 10.0 Å². The monoisotopic (exact) mass is 537 g/mol. The SMILES string of the molecule is O=C(CN1C(=O)[C@H]2CCCCN2c2ccc(S(=O)(=O)N3CCCC3)cc21)N1CCN(c2ccccc2)CC1. The molecule has 9 nitrogen and oxygen atoms in total. The van der Waals surface area contributed by atoms with Gasteiger partial charge in [0.25, 0.3) is 0 Å². The number of para-hydroxylation sites is 1. The summed E-state index contributed by atoms with van der Waals surface area (Å²) in [6.07, 6.45) is 4.41. The summed E-state index contributed by atoms with van der Waals surface area (Å²) in [6, 6.07) is 15.0. The van der Waals surface area contributed by atoms with Gasteiger partial charge in [-0.05, 0) is 62.4 Å². The number of rotatable bonds is 5. The van der Waals surface area contributed by atoms with E-state index in [1.165, 1.54) is 4.31 Å². The lowest BCUT2D eigenvalue weighted by Gasteiger charge is -2.45. The number of benzene rings is 2. The molecular formula is C28H35N5O4S. The number of anilines is 3. The topological polar surface area (TPSA) is 84.5 Å². The molecule has 0 aromatic heterocycles. The first-order chi connectivity index (χ1) is 18.4. The minimum atomic E-state index is -3.65. The molecule has 0 radical (unpaired) electrons. The van der Waals surface area contributed by atoms with E-state index in [1.54, 1.807) is 17.0 Å². The predicted molar refractivity (Wildman–Crippen MR) is 147 cm³/mol. The second kappa shape index (κ2) is 10.2. The Hall–Kier alpha value is -3.11. The summed E-state index contributed by atoms with van der Waals surface area (Å²) < 4.78 is 28.2. The Labute approximate surface area is 224 Å². The van der Waals surface area contributed by atoms with Crippen LogP contribution in [0.15, 0.2) is 53.4 Å². The van der Waals surface area contributed by atoms with Crippen LogP contribution >= 0.6 is 0 Å². The van der Waals surface area contributed by atoms with Gasteiger partial charge in [0.15, 0.2) is 0 Å². The van der Waals surface area contributed by atoms with Crippen LogP contribution in [0.1, 0.15) is 32.1 Å². The third-order valence-corrected chi connectivity index (χ3v) is 10.2. The van der Waals surface area contributed by atoms with Gasteiger partial charge in [0.1, 0.15) is 12.6 Å². The highest BCUT2D eigenvalue weighted by Crippen LogP contribution is 2.41. The van der Waals surface area contributed by atoms with E-state index in [1.807, 2.05) is 29.2 Å². The number of carbonyl (C=O) groups is 2. The van der Waals surface area contributed by atoms with Crippen molar-refractivity contribution in [3.8, 4) is 0 Å².